The highest BCUT2D eigenvalue weighted by atomic mass is 32.2. The van der Waals surface area contributed by atoms with Gasteiger partial charge in [0.15, 0.2) is 6.10 Å². The zero-order valence-electron chi connectivity index (χ0n) is 17.2. The number of amides is 3. The largest absolute Gasteiger partial charge is 0.449 e. The molecule has 0 heterocycles. The van der Waals surface area contributed by atoms with E-state index < -0.39 is 39.0 Å². The van der Waals surface area contributed by atoms with Gasteiger partial charge in [-0.15, -0.1) is 0 Å². The summed E-state index contributed by atoms with van der Waals surface area (Å²) in [4.78, 5) is 45.0. The van der Waals surface area contributed by atoms with Gasteiger partial charge < -0.3 is 10.1 Å². The lowest BCUT2D eigenvalue weighted by molar-refractivity contribution is -0.385. The fourth-order valence-electron chi connectivity index (χ4n) is 2.43. The molecule has 1 unspecified atom stereocenters. The summed E-state index contributed by atoms with van der Waals surface area (Å²) in [5.74, 6) is -1.69. The van der Waals surface area contributed by atoms with E-state index in [1.807, 2.05) is 5.32 Å². The maximum Gasteiger partial charge on any atom is 0.338 e. The van der Waals surface area contributed by atoms with Gasteiger partial charge in [-0.3, -0.25) is 24.9 Å². The predicted octanol–water partition coefficient (Wildman–Crippen LogP) is 1.70. The number of non-ortho nitro benzene ring substituents is 1. The standard InChI is InChI=1S/C19H20N4O8S/c1-11-4-9-15(23(27)28)10-16(11)32(29,30)22-14-7-5-13(6-8-14)18(25)31-12(2)17(24)21-19(26)20-3/h4-10,12,22H,1-3H3,(H2,20,21,24,26). The Bertz CT molecular complexity index is 1160. The van der Waals surface area contributed by atoms with Crippen molar-refractivity contribution in [3.05, 3.63) is 63.7 Å². The van der Waals surface area contributed by atoms with Crippen LogP contribution < -0.4 is 15.4 Å². The zero-order chi connectivity index (χ0) is 24.1. The lowest BCUT2D eigenvalue weighted by atomic mass is 10.2. The fraction of sp³-hybridized carbons (Fsp3) is 0.211. The number of anilines is 1. The molecule has 0 aliphatic rings. The number of imide groups is 1. The van der Waals surface area contributed by atoms with Gasteiger partial charge in [-0.05, 0) is 43.7 Å². The SMILES string of the molecule is CNC(=O)NC(=O)C(C)OC(=O)c1ccc(NS(=O)(=O)c2cc([N+](=O)[O-])ccc2C)cc1. The highest BCUT2D eigenvalue weighted by Gasteiger charge is 2.22. The van der Waals surface area contributed by atoms with Crippen LogP contribution in [0.5, 0.6) is 0 Å². The summed E-state index contributed by atoms with van der Waals surface area (Å²) >= 11 is 0. The summed E-state index contributed by atoms with van der Waals surface area (Å²) in [7, 11) is -2.82. The number of aryl methyl sites for hydroxylation is 1. The van der Waals surface area contributed by atoms with Crippen LogP contribution in [-0.4, -0.2) is 44.4 Å². The molecule has 0 spiro atoms. The molecule has 0 radical (unpaired) electrons. The van der Waals surface area contributed by atoms with Crippen molar-refractivity contribution in [2.45, 2.75) is 24.8 Å². The first kappa shape index (κ1) is 24.3. The highest BCUT2D eigenvalue weighted by molar-refractivity contribution is 7.92. The molecule has 13 heteroatoms. The molecule has 0 aliphatic heterocycles. The number of nitrogens with zero attached hydrogens (tertiary/aromatic N) is 1. The molecule has 0 bridgehead atoms. The third-order valence-corrected chi connectivity index (χ3v) is 5.69. The molecular weight excluding hydrogens is 444 g/mol. The second kappa shape index (κ2) is 9.87. The van der Waals surface area contributed by atoms with E-state index in [0.29, 0.717) is 5.56 Å². The Morgan fingerprint density at radius 3 is 2.28 bits per heavy atom. The predicted molar refractivity (Wildman–Crippen MR) is 113 cm³/mol. The summed E-state index contributed by atoms with van der Waals surface area (Å²) in [5.41, 5.74) is 0.0629. The third-order valence-electron chi connectivity index (χ3n) is 4.16. The van der Waals surface area contributed by atoms with Crippen molar-refractivity contribution in [3.63, 3.8) is 0 Å². The average Bonchev–Trinajstić information content (AvgIpc) is 2.73. The number of carbonyl (C=O) groups is 3. The van der Waals surface area contributed by atoms with Crippen LogP contribution in [0.2, 0.25) is 0 Å². The summed E-state index contributed by atoms with van der Waals surface area (Å²) < 4.78 is 32.5. The van der Waals surface area contributed by atoms with E-state index in [-0.39, 0.29) is 21.8 Å². The van der Waals surface area contributed by atoms with Crippen LogP contribution in [0.4, 0.5) is 16.2 Å². The minimum absolute atomic E-state index is 0.0269. The number of benzene rings is 2. The number of carbonyl (C=O) groups excluding carboxylic acids is 3. The number of nitro benzene ring substituents is 1. The number of nitrogens with one attached hydrogen (secondary N) is 3. The van der Waals surface area contributed by atoms with Crippen molar-refractivity contribution in [1.29, 1.82) is 0 Å². The molecule has 2 aromatic rings. The maximum atomic E-state index is 12.6. The maximum absolute atomic E-state index is 12.6. The quantitative estimate of drug-likeness (QED) is 0.315. The van der Waals surface area contributed by atoms with Crippen LogP contribution >= 0.6 is 0 Å². The fourth-order valence-corrected chi connectivity index (χ4v) is 3.76. The van der Waals surface area contributed by atoms with E-state index >= 15 is 0 Å². The number of ether oxygens (including phenoxy) is 1. The Morgan fingerprint density at radius 1 is 1.09 bits per heavy atom. The summed E-state index contributed by atoms with van der Waals surface area (Å²) in [6.45, 7) is 2.78. The lowest BCUT2D eigenvalue weighted by Crippen LogP contribution is -2.43. The molecule has 0 saturated heterocycles. The van der Waals surface area contributed by atoms with Crippen molar-refractivity contribution in [3.8, 4) is 0 Å². The van der Waals surface area contributed by atoms with E-state index in [0.717, 1.165) is 6.07 Å². The molecule has 0 aliphatic carbocycles. The lowest BCUT2D eigenvalue weighted by Gasteiger charge is -2.13. The number of rotatable bonds is 7. The van der Waals surface area contributed by atoms with Gasteiger partial charge in [-0.25, -0.2) is 18.0 Å². The molecule has 2 aromatic carbocycles. The van der Waals surface area contributed by atoms with Crippen molar-refractivity contribution in [2.24, 2.45) is 0 Å². The molecule has 3 amide bonds. The number of esters is 1. The van der Waals surface area contributed by atoms with Gasteiger partial charge in [0.1, 0.15) is 0 Å². The summed E-state index contributed by atoms with van der Waals surface area (Å²) in [6.07, 6.45) is -1.25. The van der Waals surface area contributed by atoms with Crippen LogP contribution in [-0.2, 0) is 19.6 Å². The van der Waals surface area contributed by atoms with Gasteiger partial charge in [0.25, 0.3) is 21.6 Å². The van der Waals surface area contributed by atoms with Gasteiger partial charge >= 0.3 is 12.0 Å². The molecule has 0 aromatic heterocycles. The zero-order valence-corrected chi connectivity index (χ0v) is 18.1. The number of nitro groups is 1. The monoisotopic (exact) mass is 464 g/mol. The Kier molecular flexibility index (Phi) is 7.49. The molecule has 170 valence electrons. The van der Waals surface area contributed by atoms with Crippen LogP contribution in [0.1, 0.15) is 22.8 Å². The minimum atomic E-state index is -4.14. The highest BCUT2D eigenvalue weighted by Crippen LogP contribution is 2.24. The van der Waals surface area contributed by atoms with E-state index in [1.54, 1.807) is 0 Å². The Morgan fingerprint density at radius 2 is 1.72 bits per heavy atom. The van der Waals surface area contributed by atoms with E-state index in [2.05, 4.69) is 10.0 Å². The summed E-state index contributed by atoms with van der Waals surface area (Å²) in [6, 6.07) is 7.83. The Labute approximate surface area is 183 Å². The number of urea groups is 1. The Balaban J connectivity index is 2.11. The third kappa shape index (κ3) is 6.01. The molecule has 3 N–H and O–H groups in total. The first-order valence-electron chi connectivity index (χ1n) is 9.06. The van der Waals surface area contributed by atoms with Crippen LogP contribution in [0, 0.1) is 17.0 Å². The summed E-state index contributed by atoms with van der Waals surface area (Å²) in [5, 5.41) is 15.1. The molecule has 32 heavy (non-hydrogen) atoms. The van der Waals surface area contributed by atoms with Crippen molar-refractivity contribution in [1.82, 2.24) is 10.6 Å². The van der Waals surface area contributed by atoms with Gasteiger partial charge in [0.05, 0.1) is 15.4 Å². The van der Waals surface area contributed by atoms with Gasteiger partial charge in [0, 0.05) is 24.9 Å². The van der Waals surface area contributed by atoms with Crippen LogP contribution in [0.3, 0.4) is 0 Å². The van der Waals surface area contributed by atoms with Crippen LogP contribution in [0.15, 0.2) is 47.4 Å². The van der Waals surface area contributed by atoms with Gasteiger partial charge in [-0.2, -0.15) is 0 Å². The first-order valence-corrected chi connectivity index (χ1v) is 10.5. The first-order chi connectivity index (χ1) is 14.9. The van der Waals surface area contributed by atoms with Gasteiger partial charge in [0.2, 0.25) is 0 Å². The molecule has 0 fully saturated rings. The second-order valence-corrected chi connectivity index (χ2v) is 8.16. The van der Waals surface area contributed by atoms with E-state index in [9.17, 15) is 32.9 Å². The average molecular weight is 464 g/mol. The molecule has 12 nitrogen and oxygen atoms in total. The van der Waals surface area contributed by atoms with E-state index in [1.165, 1.54) is 57.3 Å². The molecule has 1 atom stereocenters. The van der Waals surface area contributed by atoms with Crippen molar-refractivity contribution in [2.75, 3.05) is 11.8 Å². The van der Waals surface area contributed by atoms with Crippen molar-refractivity contribution < 1.29 is 32.5 Å². The minimum Gasteiger partial charge on any atom is -0.449 e. The smallest absolute Gasteiger partial charge is 0.338 e. The number of hydrogen-bond donors (Lipinski definition) is 3. The van der Waals surface area contributed by atoms with Crippen molar-refractivity contribution >= 4 is 39.3 Å². The van der Waals surface area contributed by atoms with Crippen LogP contribution in [0.25, 0.3) is 0 Å². The molecule has 0 saturated carbocycles. The number of hydrogen-bond acceptors (Lipinski definition) is 8. The normalized spacial score (nSPS) is 11.7. The molecule has 2 rings (SSSR count). The topological polar surface area (TPSA) is 174 Å². The van der Waals surface area contributed by atoms with Gasteiger partial charge in [-0.1, -0.05) is 6.07 Å². The molecular formula is C19H20N4O8S. The Hall–Kier alpha value is -4.00. The second-order valence-electron chi connectivity index (χ2n) is 6.51. The van der Waals surface area contributed by atoms with E-state index in [4.69, 9.17) is 4.74 Å². The number of sulfonamides is 1.